The standard InChI is InChI=1S/C13H16Cl2N2O/c14-11-2-1-9(7-12(11)15)8-17-5-3-10(4-6-17)13(16)18/h1-2,7,10H,3-6,8H2,(H2,16,18)/p+1. The number of halogens is 2. The van der Waals surface area contributed by atoms with Crippen molar-refractivity contribution in [3.05, 3.63) is 33.8 Å². The molecule has 0 radical (unpaired) electrons. The van der Waals surface area contributed by atoms with Crippen LogP contribution in [-0.4, -0.2) is 19.0 Å². The molecule has 0 bridgehead atoms. The van der Waals surface area contributed by atoms with Crippen molar-refractivity contribution in [2.75, 3.05) is 13.1 Å². The number of nitrogens with one attached hydrogen (secondary N) is 1. The molecular formula is C13H17Cl2N2O+. The second kappa shape index (κ2) is 5.91. The van der Waals surface area contributed by atoms with Gasteiger partial charge in [0.2, 0.25) is 5.91 Å². The Labute approximate surface area is 117 Å². The van der Waals surface area contributed by atoms with Gasteiger partial charge in [-0.1, -0.05) is 29.3 Å². The van der Waals surface area contributed by atoms with E-state index < -0.39 is 0 Å². The van der Waals surface area contributed by atoms with Crippen LogP contribution in [0.15, 0.2) is 18.2 Å². The molecule has 0 saturated carbocycles. The zero-order valence-corrected chi connectivity index (χ0v) is 11.6. The molecule has 1 saturated heterocycles. The molecule has 1 fully saturated rings. The van der Waals surface area contributed by atoms with Crippen LogP contribution in [0.2, 0.25) is 10.0 Å². The van der Waals surface area contributed by atoms with Crippen LogP contribution in [0.25, 0.3) is 0 Å². The molecule has 1 aromatic rings. The van der Waals surface area contributed by atoms with Gasteiger partial charge in [0, 0.05) is 24.3 Å². The number of nitrogens with two attached hydrogens (primary N) is 1. The monoisotopic (exact) mass is 287 g/mol. The zero-order valence-electron chi connectivity index (χ0n) is 10.1. The van der Waals surface area contributed by atoms with E-state index in [0.717, 1.165) is 32.5 Å². The van der Waals surface area contributed by atoms with Crippen LogP contribution in [0, 0.1) is 5.92 Å². The van der Waals surface area contributed by atoms with Crippen molar-refractivity contribution in [3.8, 4) is 0 Å². The third-order valence-electron chi connectivity index (χ3n) is 3.53. The van der Waals surface area contributed by atoms with Crippen LogP contribution in [-0.2, 0) is 11.3 Å². The molecule has 2 rings (SSSR count). The van der Waals surface area contributed by atoms with Crippen LogP contribution < -0.4 is 10.6 Å². The summed E-state index contributed by atoms with van der Waals surface area (Å²) in [5.41, 5.74) is 6.50. The quantitative estimate of drug-likeness (QED) is 0.864. The van der Waals surface area contributed by atoms with Gasteiger partial charge in [0.25, 0.3) is 0 Å². The summed E-state index contributed by atoms with van der Waals surface area (Å²) in [5.74, 6) is -0.105. The molecule has 1 aliphatic heterocycles. The Balaban J connectivity index is 1.91. The first kappa shape index (κ1) is 13.7. The van der Waals surface area contributed by atoms with Gasteiger partial charge in [-0.25, -0.2) is 0 Å². The first-order chi connectivity index (χ1) is 8.56. The minimum absolute atomic E-state index is 0.0579. The maximum atomic E-state index is 11.1. The number of likely N-dealkylation sites (tertiary alicyclic amines) is 1. The third-order valence-corrected chi connectivity index (χ3v) is 4.27. The summed E-state index contributed by atoms with van der Waals surface area (Å²) in [7, 11) is 0. The predicted octanol–water partition coefficient (Wildman–Crippen LogP) is 1.27. The number of benzene rings is 1. The lowest BCUT2D eigenvalue weighted by molar-refractivity contribution is -0.919. The lowest BCUT2D eigenvalue weighted by atomic mass is 9.96. The lowest BCUT2D eigenvalue weighted by Crippen LogP contribution is -3.11. The van der Waals surface area contributed by atoms with Gasteiger partial charge >= 0.3 is 0 Å². The number of carbonyl (C=O) groups is 1. The average Bonchev–Trinajstić information content (AvgIpc) is 2.34. The number of amides is 1. The normalized spacial score (nSPS) is 23.9. The molecule has 5 heteroatoms. The summed E-state index contributed by atoms with van der Waals surface area (Å²) < 4.78 is 0. The highest BCUT2D eigenvalue weighted by Gasteiger charge is 2.25. The van der Waals surface area contributed by atoms with Crippen molar-refractivity contribution in [3.63, 3.8) is 0 Å². The van der Waals surface area contributed by atoms with E-state index in [1.54, 1.807) is 0 Å². The molecule has 0 spiro atoms. The Kier molecular flexibility index (Phi) is 4.49. The predicted molar refractivity (Wildman–Crippen MR) is 72.8 cm³/mol. The minimum atomic E-state index is -0.163. The van der Waals surface area contributed by atoms with Crippen molar-refractivity contribution < 1.29 is 9.69 Å². The summed E-state index contributed by atoms with van der Waals surface area (Å²) in [4.78, 5) is 12.5. The van der Waals surface area contributed by atoms with E-state index in [4.69, 9.17) is 28.9 Å². The largest absolute Gasteiger partial charge is 0.369 e. The van der Waals surface area contributed by atoms with Gasteiger partial charge in [-0.05, 0) is 12.1 Å². The zero-order chi connectivity index (χ0) is 13.1. The molecule has 1 aliphatic rings. The molecule has 98 valence electrons. The van der Waals surface area contributed by atoms with E-state index in [9.17, 15) is 4.79 Å². The van der Waals surface area contributed by atoms with Gasteiger partial charge in [0.05, 0.1) is 23.1 Å². The summed E-state index contributed by atoms with van der Waals surface area (Å²) in [6.07, 6.45) is 1.76. The van der Waals surface area contributed by atoms with Gasteiger partial charge in [-0.2, -0.15) is 0 Å². The topological polar surface area (TPSA) is 47.5 Å². The highest BCUT2D eigenvalue weighted by Crippen LogP contribution is 2.22. The van der Waals surface area contributed by atoms with Gasteiger partial charge in [0.1, 0.15) is 6.54 Å². The Morgan fingerprint density at radius 2 is 1.94 bits per heavy atom. The number of piperidine rings is 1. The fourth-order valence-electron chi connectivity index (χ4n) is 2.43. The van der Waals surface area contributed by atoms with Crippen LogP contribution in [0.1, 0.15) is 18.4 Å². The number of quaternary nitrogens is 1. The molecule has 3 nitrogen and oxygen atoms in total. The van der Waals surface area contributed by atoms with Crippen molar-refractivity contribution in [2.45, 2.75) is 19.4 Å². The van der Waals surface area contributed by atoms with Gasteiger partial charge in [0.15, 0.2) is 0 Å². The Morgan fingerprint density at radius 3 is 2.50 bits per heavy atom. The number of primary amides is 1. The van der Waals surface area contributed by atoms with Gasteiger partial charge in [-0.3, -0.25) is 4.79 Å². The SMILES string of the molecule is NC(=O)C1CC[NH+](Cc2ccc(Cl)c(Cl)c2)CC1. The smallest absolute Gasteiger partial charge is 0.220 e. The second-order valence-corrected chi connectivity index (χ2v) is 5.67. The first-order valence-electron chi connectivity index (χ1n) is 6.13. The number of rotatable bonds is 3. The molecule has 1 heterocycles. The van der Waals surface area contributed by atoms with Crippen LogP contribution >= 0.6 is 23.2 Å². The third kappa shape index (κ3) is 3.37. The Bertz CT molecular complexity index is 443. The number of hydrogen-bond acceptors (Lipinski definition) is 1. The highest BCUT2D eigenvalue weighted by atomic mass is 35.5. The molecule has 3 N–H and O–H groups in total. The van der Waals surface area contributed by atoms with E-state index in [1.165, 1.54) is 10.5 Å². The fraction of sp³-hybridized carbons (Fsp3) is 0.462. The molecule has 0 aliphatic carbocycles. The molecular weight excluding hydrogens is 271 g/mol. The van der Waals surface area contributed by atoms with Gasteiger partial charge in [-0.15, -0.1) is 0 Å². The van der Waals surface area contributed by atoms with E-state index in [-0.39, 0.29) is 11.8 Å². The van der Waals surface area contributed by atoms with Crippen molar-refractivity contribution >= 4 is 29.1 Å². The number of carbonyl (C=O) groups excluding carboxylic acids is 1. The molecule has 0 aromatic heterocycles. The highest BCUT2D eigenvalue weighted by molar-refractivity contribution is 6.42. The van der Waals surface area contributed by atoms with Crippen LogP contribution in [0.4, 0.5) is 0 Å². The molecule has 0 atom stereocenters. The van der Waals surface area contributed by atoms with Crippen LogP contribution in [0.3, 0.4) is 0 Å². The fourth-order valence-corrected chi connectivity index (χ4v) is 2.75. The summed E-state index contributed by atoms with van der Waals surface area (Å²) in [6, 6.07) is 5.74. The average molecular weight is 288 g/mol. The van der Waals surface area contributed by atoms with Crippen molar-refractivity contribution in [1.82, 2.24) is 0 Å². The second-order valence-electron chi connectivity index (χ2n) is 4.85. The van der Waals surface area contributed by atoms with E-state index >= 15 is 0 Å². The van der Waals surface area contributed by atoms with E-state index in [2.05, 4.69) is 0 Å². The lowest BCUT2D eigenvalue weighted by Gasteiger charge is -2.27. The Hall–Kier alpha value is -0.770. The van der Waals surface area contributed by atoms with Crippen LogP contribution in [0.5, 0.6) is 0 Å². The maximum Gasteiger partial charge on any atom is 0.220 e. The summed E-state index contributed by atoms with van der Waals surface area (Å²) in [5, 5.41) is 1.18. The molecule has 1 amide bonds. The molecule has 18 heavy (non-hydrogen) atoms. The molecule has 0 unspecified atom stereocenters. The minimum Gasteiger partial charge on any atom is -0.369 e. The van der Waals surface area contributed by atoms with Crippen molar-refractivity contribution in [2.24, 2.45) is 11.7 Å². The van der Waals surface area contributed by atoms with Gasteiger partial charge < -0.3 is 10.6 Å². The van der Waals surface area contributed by atoms with E-state index in [1.807, 2.05) is 18.2 Å². The van der Waals surface area contributed by atoms with Crippen molar-refractivity contribution in [1.29, 1.82) is 0 Å². The molecule has 1 aromatic carbocycles. The first-order valence-corrected chi connectivity index (χ1v) is 6.88. The number of hydrogen-bond donors (Lipinski definition) is 2. The maximum absolute atomic E-state index is 11.1. The van der Waals surface area contributed by atoms with E-state index in [0.29, 0.717) is 10.0 Å². The summed E-state index contributed by atoms with van der Waals surface area (Å²) in [6.45, 7) is 2.88. The summed E-state index contributed by atoms with van der Waals surface area (Å²) >= 11 is 11.9. The Morgan fingerprint density at radius 1 is 1.28 bits per heavy atom.